The van der Waals surface area contributed by atoms with E-state index in [-0.39, 0.29) is 0 Å². The third kappa shape index (κ3) is 5.05. The Morgan fingerprint density at radius 1 is 1.16 bits per heavy atom. The highest BCUT2D eigenvalue weighted by atomic mass is 15.1. The second-order valence-corrected chi connectivity index (χ2v) is 5.38. The monoisotopic (exact) mass is 262 g/mol. The van der Waals surface area contributed by atoms with Crippen LogP contribution in [0.1, 0.15) is 58.3 Å². The Kier molecular flexibility index (Phi) is 5.92. The largest absolute Gasteiger partial charge is 0.367 e. The van der Waals surface area contributed by atoms with Crippen molar-refractivity contribution in [2.24, 2.45) is 0 Å². The van der Waals surface area contributed by atoms with Crippen molar-refractivity contribution < 1.29 is 0 Å². The normalized spacial score (nSPS) is 17.5. The second-order valence-electron chi connectivity index (χ2n) is 5.38. The van der Waals surface area contributed by atoms with E-state index >= 15 is 0 Å². The van der Waals surface area contributed by atoms with E-state index in [1.54, 1.807) is 0 Å². The molecule has 0 unspecified atom stereocenters. The maximum atomic E-state index is 4.53. The van der Waals surface area contributed by atoms with Crippen molar-refractivity contribution >= 4 is 11.8 Å². The highest BCUT2D eigenvalue weighted by Gasteiger charge is 2.11. The van der Waals surface area contributed by atoms with Crippen molar-refractivity contribution in [3.63, 3.8) is 0 Å². The molecule has 0 radical (unpaired) electrons. The smallest absolute Gasteiger partial charge is 0.224 e. The third-order valence-corrected chi connectivity index (χ3v) is 3.65. The highest BCUT2D eigenvalue weighted by molar-refractivity contribution is 5.40. The molecule has 0 saturated heterocycles. The van der Waals surface area contributed by atoms with Gasteiger partial charge in [-0.1, -0.05) is 39.0 Å². The van der Waals surface area contributed by atoms with Crippen LogP contribution in [0.2, 0.25) is 0 Å². The number of hydrogen-bond donors (Lipinski definition) is 2. The summed E-state index contributed by atoms with van der Waals surface area (Å²) in [5, 5.41) is 6.81. The van der Waals surface area contributed by atoms with Gasteiger partial charge in [0.25, 0.3) is 0 Å². The lowest BCUT2D eigenvalue weighted by Crippen LogP contribution is -2.21. The van der Waals surface area contributed by atoms with E-state index in [2.05, 4.69) is 27.5 Å². The number of nitrogens with zero attached hydrogens (tertiary/aromatic N) is 2. The number of aromatic nitrogens is 2. The molecule has 0 amide bonds. The predicted octanol–water partition coefficient (Wildman–Crippen LogP) is 3.82. The molecule has 0 bridgehead atoms. The van der Waals surface area contributed by atoms with Crippen LogP contribution < -0.4 is 10.6 Å². The van der Waals surface area contributed by atoms with Gasteiger partial charge in [-0.15, -0.1) is 0 Å². The Labute approximate surface area is 116 Å². The van der Waals surface area contributed by atoms with E-state index in [4.69, 9.17) is 0 Å². The van der Waals surface area contributed by atoms with E-state index in [0.29, 0.717) is 6.04 Å². The fraction of sp³-hybridized carbons (Fsp3) is 0.733. The molecule has 1 aliphatic carbocycles. The Bertz CT molecular complexity index is 359. The van der Waals surface area contributed by atoms with E-state index in [9.17, 15) is 0 Å². The summed E-state index contributed by atoms with van der Waals surface area (Å²) in [6, 6.07) is 2.55. The van der Waals surface area contributed by atoms with E-state index in [0.717, 1.165) is 24.7 Å². The van der Waals surface area contributed by atoms with Crippen LogP contribution in [0.3, 0.4) is 0 Å². The van der Waals surface area contributed by atoms with Crippen molar-refractivity contribution in [1.29, 1.82) is 0 Å². The van der Waals surface area contributed by atoms with Crippen LogP contribution in [0.25, 0.3) is 0 Å². The lowest BCUT2D eigenvalue weighted by molar-refractivity contribution is 0.470. The summed E-state index contributed by atoms with van der Waals surface area (Å²) in [7, 11) is 0. The van der Waals surface area contributed by atoms with Crippen LogP contribution in [0.5, 0.6) is 0 Å². The van der Waals surface area contributed by atoms with E-state index in [1.807, 2.05) is 12.3 Å². The van der Waals surface area contributed by atoms with Gasteiger partial charge in [-0.05, 0) is 25.3 Å². The molecule has 0 atom stereocenters. The molecule has 1 saturated carbocycles. The van der Waals surface area contributed by atoms with Crippen LogP contribution in [-0.2, 0) is 0 Å². The Hall–Kier alpha value is -1.32. The fourth-order valence-electron chi connectivity index (χ4n) is 2.57. The molecule has 1 aliphatic rings. The molecule has 2 N–H and O–H groups in total. The van der Waals surface area contributed by atoms with Gasteiger partial charge >= 0.3 is 0 Å². The topological polar surface area (TPSA) is 49.8 Å². The molecule has 1 aromatic heterocycles. The minimum atomic E-state index is 0.578. The van der Waals surface area contributed by atoms with Gasteiger partial charge in [-0.25, -0.2) is 4.98 Å². The SMILES string of the molecule is CCCNc1nccc(NC2CCCCCCC2)n1. The van der Waals surface area contributed by atoms with Gasteiger partial charge in [0, 0.05) is 18.8 Å². The predicted molar refractivity (Wildman–Crippen MR) is 80.5 cm³/mol. The van der Waals surface area contributed by atoms with Gasteiger partial charge < -0.3 is 10.6 Å². The van der Waals surface area contributed by atoms with Crippen molar-refractivity contribution in [3.8, 4) is 0 Å². The van der Waals surface area contributed by atoms with Gasteiger partial charge in [0.05, 0.1) is 0 Å². The number of hydrogen-bond acceptors (Lipinski definition) is 4. The van der Waals surface area contributed by atoms with Crippen LogP contribution in [0.15, 0.2) is 12.3 Å². The number of nitrogens with one attached hydrogen (secondary N) is 2. The Morgan fingerprint density at radius 2 is 1.89 bits per heavy atom. The molecule has 1 heterocycles. The van der Waals surface area contributed by atoms with Crippen LogP contribution in [0, 0.1) is 0 Å². The first kappa shape index (κ1) is 14.1. The number of rotatable bonds is 5. The molecule has 106 valence electrons. The molecule has 1 fully saturated rings. The molecule has 4 nitrogen and oxygen atoms in total. The third-order valence-electron chi connectivity index (χ3n) is 3.65. The molecule has 0 aliphatic heterocycles. The summed E-state index contributed by atoms with van der Waals surface area (Å²) in [4.78, 5) is 8.77. The summed E-state index contributed by atoms with van der Waals surface area (Å²) >= 11 is 0. The summed E-state index contributed by atoms with van der Waals surface area (Å²) in [6.07, 6.45) is 12.3. The second kappa shape index (κ2) is 7.97. The van der Waals surface area contributed by atoms with Gasteiger partial charge in [-0.2, -0.15) is 4.98 Å². The molecule has 0 spiro atoms. The van der Waals surface area contributed by atoms with E-state index < -0.39 is 0 Å². The minimum absolute atomic E-state index is 0.578. The quantitative estimate of drug-likeness (QED) is 0.847. The molecule has 2 rings (SSSR count). The number of anilines is 2. The maximum absolute atomic E-state index is 4.53. The molecule has 19 heavy (non-hydrogen) atoms. The first-order valence-electron chi connectivity index (χ1n) is 7.72. The van der Waals surface area contributed by atoms with Crippen molar-refractivity contribution in [3.05, 3.63) is 12.3 Å². The van der Waals surface area contributed by atoms with Crippen LogP contribution in [0.4, 0.5) is 11.8 Å². The zero-order valence-corrected chi connectivity index (χ0v) is 12.0. The first-order valence-corrected chi connectivity index (χ1v) is 7.72. The van der Waals surface area contributed by atoms with Crippen LogP contribution in [-0.4, -0.2) is 22.6 Å². The molecule has 1 aromatic rings. The standard InChI is InChI=1S/C15H26N4/c1-2-11-16-15-17-12-10-14(19-15)18-13-8-6-4-3-5-7-9-13/h10,12-13H,2-9,11H2,1H3,(H2,16,17,18,19). The summed E-state index contributed by atoms with van der Waals surface area (Å²) in [6.45, 7) is 3.07. The van der Waals surface area contributed by atoms with Crippen molar-refractivity contribution in [1.82, 2.24) is 9.97 Å². The van der Waals surface area contributed by atoms with Gasteiger partial charge in [0.1, 0.15) is 5.82 Å². The summed E-state index contributed by atoms with van der Waals surface area (Å²) in [5.74, 6) is 1.69. The van der Waals surface area contributed by atoms with Crippen molar-refractivity contribution in [2.75, 3.05) is 17.2 Å². The van der Waals surface area contributed by atoms with Crippen LogP contribution >= 0.6 is 0 Å². The fourth-order valence-corrected chi connectivity index (χ4v) is 2.57. The summed E-state index contributed by atoms with van der Waals surface area (Å²) in [5.41, 5.74) is 0. The maximum Gasteiger partial charge on any atom is 0.224 e. The highest BCUT2D eigenvalue weighted by Crippen LogP contribution is 2.20. The van der Waals surface area contributed by atoms with Gasteiger partial charge in [-0.3, -0.25) is 0 Å². The zero-order chi connectivity index (χ0) is 13.3. The average Bonchev–Trinajstić information content (AvgIpc) is 2.40. The lowest BCUT2D eigenvalue weighted by Gasteiger charge is -2.21. The van der Waals surface area contributed by atoms with Crippen molar-refractivity contribution in [2.45, 2.75) is 64.3 Å². The molecular formula is C15H26N4. The van der Waals surface area contributed by atoms with E-state index in [1.165, 1.54) is 44.9 Å². The molecule has 4 heteroatoms. The lowest BCUT2D eigenvalue weighted by atomic mass is 9.97. The van der Waals surface area contributed by atoms with Gasteiger partial charge in [0.15, 0.2) is 0 Å². The molecular weight excluding hydrogens is 236 g/mol. The Morgan fingerprint density at radius 3 is 2.63 bits per heavy atom. The minimum Gasteiger partial charge on any atom is -0.367 e. The Balaban J connectivity index is 1.89. The zero-order valence-electron chi connectivity index (χ0n) is 12.0. The average molecular weight is 262 g/mol. The molecule has 0 aromatic carbocycles. The summed E-state index contributed by atoms with van der Waals surface area (Å²) < 4.78 is 0. The van der Waals surface area contributed by atoms with Gasteiger partial charge in [0.2, 0.25) is 5.95 Å². The first-order chi connectivity index (χ1) is 9.38.